The molecule has 0 unspecified atom stereocenters. The lowest BCUT2D eigenvalue weighted by Crippen LogP contribution is -2.12. The molecule has 2 aromatic carbocycles. The molecule has 0 amide bonds. The minimum Gasteiger partial charge on any atom is -0.503 e. The monoisotopic (exact) mass is 383 g/mol. The molecule has 6 heteroatoms. The van der Waals surface area contributed by atoms with Gasteiger partial charge in [0, 0.05) is 16.8 Å². The van der Waals surface area contributed by atoms with Crippen molar-refractivity contribution in [3.05, 3.63) is 77.0 Å². The van der Waals surface area contributed by atoms with Gasteiger partial charge >= 0.3 is 5.97 Å². The zero-order valence-electron chi connectivity index (χ0n) is 15.5. The van der Waals surface area contributed by atoms with Gasteiger partial charge in [-0.25, -0.2) is 4.79 Å². The molecule has 5 nitrogen and oxygen atoms in total. The Kier molecular flexibility index (Phi) is 6.08. The first kappa shape index (κ1) is 18.9. The van der Waals surface area contributed by atoms with Gasteiger partial charge in [0.1, 0.15) is 17.1 Å². The Hall–Kier alpha value is -2.86. The summed E-state index contributed by atoms with van der Waals surface area (Å²) >= 11 is 1.56. The number of ether oxygens (including phenoxy) is 3. The average Bonchev–Trinajstić information content (AvgIpc) is 3.16. The fourth-order valence-electron chi connectivity index (χ4n) is 2.71. The Morgan fingerprint density at radius 1 is 1.11 bits per heavy atom. The van der Waals surface area contributed by atoms with Crippen LogP contribution < -0.4 is 9.64 Å². The van der Waals surface area contributed by atoms with E-state index in [0.717, 1.165) is 27.7 Å². The van der Waals surface area contributed by atoms with Gasteiger partial charge in [-0.1, -0.05) is 18.2 Å². The summed E-state index contributed by atoms with van der Waals surface area (Å²) in [5.41, 5.74) is 2.55. The van der Waals surface area contributed by atoms with Crippen molar-refractivity contribution in [3.63, 3.8) is 0 Å². The number of carbonyl (C=O) groups is 1. The lowest BCUT2D eigenvalue weighted by Gasteiger charge is -2.18. The maximum Gasteiger partial charge on any atom is 0.342 e. The fourth-order valence-corrected chi connectivity index (χ4v) is 3.69. The van der Waals surface area contributed by atoms with Crippen LogP contribution in [0.2, 0.25) is 0 Å². The number of methoxy groups -OCH3 is 2. The quantitative estimate of drug-likeness (QED) is 0.404. The van der Waals surface area contributed by atoms with Gasteiger partial charge in [-0.2, -0.15) is 0 Å². The maximum absolute atomic E-state index is 12.0. The van der Waals surface area contributed by atoms with E-state index < -0.39 is 5.97 Å². The number of aryl methyl sites for hydroxylation is 1. The molecule has 0 aliphatic carbocycles. The number of nitrogens with zero attached hydrogens (tertiary/aromatic N) is 1. The molecule has 1 aliphatic heterocycles. The topological polar surface area (TPSA) is 48.0 Å². The summed E-state index contributed by atoms with van der Waals surface area (Å²) in [4.78, 5) is 14.9. The van der Waals surface area contributed by atoms with Crippen LogP contribution in [0.15, 0.2) is 71.5 Å². The maximum atomic E-state index is 12.0. The summed E-state index contributed by atoms with van der Waals surface area (Å²) < 4.78 is 15.8. The molecule has 1 aliphatic rings. The first-order valence-electron chi connectivity index (χ1n) is 8.39. The Bertz CT molecular complexity index is 877. The van der Waals surface area contributed by atoms with Gasteiger partial charge in [0.25, 0.3) is 0 Å². The number of thioether (sulfide) groups is 1. The molecule has 140 valence electrons. The van der Waals surface area contributed by atoms with E-state index in [4.69, 9.17) is 14.2 Å². The molecule has 2 aromatic rings. The van der Waals surface area contributed by atoms with E-state index in [2.05, 4.69) is 4.90 Å². The van der Waals surface area contributed by atoms with Crippen molar-refractivity contribution in [2.45, 2.75) is 6.92 Å². The highest BCUT2D eigenvalue weighted by Crippen LogP contribution is 2.37. The van der Waals surface area contributed by atoms with E-state index in [0.29, 0.717) is 11.4 Å². The van der Waals surface area contributed by atoms with Crippen molar-refractivity contribution < 1.29 is 19.0 Å². The molecule has 0 bridgehead atoms. The van der Waals surface area contributed by atoms with Crippen LogP contribution >= 0.6 is 11.8 Å². The number of para-hydroxylation sites is 1. The van der Waals surface area contributed by atoms with Gasteiger partial charge in [-0.15, -0.1) is 11.8 Å². The number of anilines is 1. The highest BCUT2D eigenvalue weighted by atomic mass is 32.2. The molecule has 0 aromatic heterocycles. The minimum absolute atomic E-state index is 0.411. The molecule has 0 spiro atoms. The van der Waals surface area contributed by atoms with E-state index in [-0.39, 0.29) is 0 Å². The predicted molar refractivity (Wildman–Crippen MR) is 108 cm³/mol. The van der Waals surface area contributed by atoms with Gasteiger partial charge in [0.2, 0.25) is 0 Å². The standard InChI is InChI=1S/C21H21NO4S/c1-15-11-17(26-16-7-5-4-6-8-16)9-10-19(15)22-12-20(27-14-22)18(13-24-2)21(23)25-3/h4-13H,14H2,1-3H3. The average molecular weight is 383 g/mol. The van der Waals surface area contributed by atoms with Gasteiger partial charge in [0.05, 0.1) is 26.4 Å². The number of esters is 1. The third-order valence-corrected chi connectivity index (χ3v) is 5.04. The second-order valence-corrected chi connectivity index (χ2v) is 6.85. The summed E-state index contributed by atoms with van der Waals surface area (Å²) in [6, 6.07) is 15.6. The van der Waals surface area contributed by atoms with Crippen LogP contribution in [0.3, 0.4) is 0 Å². The third kappa shape index (κ3) is 4.46. The van der Waals surface area contributed by atoms with Crippen molar-refractivity contribution in [3.8, 4) is 11.5 Å². The lowest BCUT2D eigenvalue weighted by atomic mass is 10.1. The SMILES string of the molecule is COC=C(C(=O)OC)C1=CN(c2ccc(Oc3ccccc3)cc2C)CS1. The van der Waals surface area contributed by atoms with Gasteiger partial charge < -0.3 is 19.1 Å². The molecule has 0 N–H and O–H groups in total. The van der Waals surface area contributed by atoms with E-state index in [1.54, 1.807) is 11.8 Å². The van der Waals surface area contributed by atoms with Crippen LogP contribution in [0.5, 0.6) is 11.5 Å². The molecule has 3 rings (SSSR count). The lowest BCUT2D eigenvalue weighted by molar-refractivity contribution is -0.135. The van der Waals surface area contributed by atoms with Crippen LogP contribution in [0.25, 0.3) is 0 Å². The van der Waals surface area contributed by atoms with Crippen LogP contribution in [0.4, 0.5) is 5.69 Å². The molecule has 27 heavy (non-hydrogen) atoms. The van der Waals surface area contributed by atoms with Crippen molar-refractivity contribution >= 4 is 23.4 Å². The van der Waals surface area contributed by atoms with Crippen molar-refractivity contribution in [1.29, 1.82) is 0 Å². The van der Waals surface area contributed by atoms with Gasteiger partial charge in [-0.3, -0.25) is 0 Å². The second kappa shape index (κ2) is 8.68. The van der Waals surface area contributed by atoms with Crippen LogP contribution in [0.1, 0.15) is 5.56 Å². The minimum atomic E-state index is -0.416. The summed E-state index contributed by atoms with van der Waals surface area (Å²) in [7, 11) is 2.87. The predicted octanol–water partition coefficient (Wildman–Crippen LogP) is 4.84. The first-order valence-corrected chi connectivity index (χ1v) is 9.37. The third-order valence-electron chi connectivity index (χ3n) is 4.00. The van der Waals surface area contributed by atoms with Crippen LogP contribution in [0, 0.1) is 6.92 Å². The van der Waals surface area contributed by atoms with E-state index in [1.807, 2.05) is 61.7 Å². The molecule has 0 atom stereocenters. The Labute approximate surface area is 163 Å². The highest BCUT2D eigenvalue weighted by Gasteiger charge is 2.24. The molecule has 0 radical (unpaired) electrons. The molecule has 0 saturated carbocycles. The highest BCUT2D eigenvalue weighted by molar-refractivity contribution is 8.03. The normalized spacial score (nSPS) is 14.0. The molecule has 1 heterocycles. The zero-order valence-corrected chi connectivity index (χ0v) is 16.3. The van der Waals surface area contributed by atoms with Crippen molar-refractivity contribution in [2.24, 2.45) is 0 Å². The largest absolute Gasteiger partial charge is 0.503 e. The Balaban J connectivity index is 1.80. The van der Waals surface area contributed by atoms with E-state index >= 15 is 0 Å². The van der Waals surface area contributed by atoms with Crippen LogP contribution in [-0.4, -0.2) is 26.1 Å². The number of hydrogen-bond donors (Lipinski definition) is 0. The summed E-state index contributed by atoms with van der Waals surface area (Å²) in [5, 5.41) is 0. The fraction of sp³-hybridized carbons (Fsp3) is 0.190. The summed E-state index contributed by atoms with van der Waals surface area (Å²) in [5.74, 6) is 1.87. The number of carbonyl (C=O) groups excluding carboxylic acids is 1. The summed E-state index contributed by atoms with van der Waals surface area (Å²) in [6.07, 6.45) is 3.35. The first-order chi connectivity index (χ1) is 13.1. The van der Waals surface area contributed by atoms with Gasteiger partial charge in [-0.05, 0) is 42.8 Å². The summed E-state index contributed by atoms with van der Waals surface area (Å²) in [6.45, 7) is 2.04. The van der Waals surface area contributed by atoms with Crippen molar-refractivity contribution in [2.75, 3.05) is 25.0 Å². The second-order valence-electron chi connectivity index (χ2n) is 5.86. The number of benzene rings is 2. The van der Waals surface area contributed by atoms with Crippen molar-refractivity contribution in [1.82, 2.24) is 0 Å². The molecule has 0 saturated heterocycles. The Morgan fingerprint density at radius 2 is 1.89 bits per heavy atom. The van der Waals surface area contributed by atoms with Crippen LogP contribution in [-0.2, 0) is 14.3 Å². The molecule has 0 fully saturated rings. The number of hydrogen-bond acceptors (Lipinski definition) is 6. The Morgan fingerprint density at radius 3 is 2.56 bits per heavy atom. The molecular weight excluding hydrogens is 362 g/mol. The smallest absolute Gasteiger partial charge is 0.342 e. The molecular formula is C21H21NO4S. The number of rotatable bonds is 6. The zero-order chi connectivity index (χ0) is 19.2. The van der Waals surface area contributed by atoms with Gasteiger partial charge in [0.15, 0.2) is 0 Å². The van der Waals surface area contributed by atoms with E-state index in [9.17, 15) is 4.79 Å². The van der Waals surface area contributed by atoms with E-state index in [1.165, 1.54) is 20.5 Å².